The standard InChI is InChI=1S/C36H44N4O6/c1-35(2,3)46-34(44)40-19-16-25(20-36(40)17-10-5-11-18-36)39(22-24-21-38(4)37-31(24)32(41)42)33(43)45-23-30-28-14-8-6-12-26(28)27-13-7-9-15-29(27)30/h6-9,12-15,21,25,30H,5,10-11,16-20,22-23H2,1-4H3,(H,41,42). The zero-order chi connectivity index (χ0) is 32.6. The van der Waals surface area contributed by atoms with Crippen molar-refractivity contribution in [1.82, 2.24) is 19.6 Å². The third-order valence-electron chi connectivity index (χ3n) is 9.73. The number of carbonyl (C=O) groups excluding carboxylic acids is 2. The summed E-state index contributed by atoms with van der Waals surface area (Å²) in [4.78, 5) is 43.4. The molecule has 2 amide bonds. The van der Waals surface area contributed by atoms with Gasteiger partial charge in [0.1, 0.15) is 12.2 Å². The number of carboxylic acids is 1. The molecule has 1 atom stereocenters. The third-order valence-corrected chi connectivity index (χ3v) is 9.73. The fourth-order valence-electron chi connectivity index (χ4n) is 7.75. The summed E-state index contributed by atoms with van der Waals surface area (Å²) in [7, 11) is 1.67. The van der Waals surface area contributed by atoms with E-state index in [4.69, 9.17) is 9.47 Å². The highest BCUT2D eigenvalue weighted by molar-refractivity contribution is 5.87. The zero-order valence-corrected chi connectivity index (χ0v) is 27.2. The van der Waals surface area contributed by atoms with Gasteiger partial charge in [-0.05, 0) is 68.7 Å². The van der Waals surface area contributed by atoms with Crippen molar-refractivity contribution in [3.63, 3.8) is 0 Å². The second-order valence-corrected chi connectivity index (χ2v) is 14.0. The lowest BCUT2D eigenvalue weighted by atomic mass is 9.73. The summed E-state index contributed by atoms with van der Waals surface area (Å²) in [5.41, 5.74) is 3.82. The molecule has 1 aliphatic heterocycles. The van der Waals surface area contributed by atoms with Gasteiger partial charge in [-0.3, -0.25) is 4.68 Å². The number of hydrogen-bond donors (Lipinski definition) is 1. The van der Waals surface area contributed by atoms with Crippen LogP contribution in [0.3, 0.4) is 0 Å². The van der Waals surface area contributed by atoms with Crippen molar-refractivity contribution in [3.8, 4) is 11.1 Å². The van der Waals surface area contributed by atoms with E-state index in [-0.39, 0.29) is 36.9 Å². The molecule has 244 valence electrons. The molecular formula is C36H44N4O6. The predicted octanol–water partition coefficient (Wildman–Crippen LogP) is 6.97. The normalized spacial score (nSPS) is 19.0. The Bertz CT molecular complexity index is 1570. The molecule has 6 rings (SSSR count). The van der Waals surface area contributed by atoms with E-state index in [9.17, 15) is 19.5 Å². The van der Waals surface area contributed by atoms with E-state index in [0.717, 1.165) is 54.4 Å². The van der Waals surface area contributed by atoms with Crippen molar-refractivity contribution in [2.24, 2.45) is 7.05 Å². The number of carboxylic acid groups (broad SMARTS) is 1. The van der Waals surface area contributed by atoms with Crippen LogP contribution >= 0.6 is 0 Å². The maximum Gasteiger partial charge on any atom is 0.410 e. The molecule has 3 aliphatic rings. The van der Waals surface area contributed by atoms with Crippen molar-refractivity contribution in [3.05, 3.63) is 77.1 Å². The van der Waals surface area contributed by atoms with Crippen molar-refractivity contribution in [2.75, 3.05) is 13.2 Å². The number of ether oxygens (including phenoxy) is 2. The Kier molecular flexibility index (Phi) is 8.56. The Morgan fingerprint density at radius 3 is 2.24 bits per heavy atom. The molecule has 2 heterocycles. The number of piperidine rings is 1. The molecular weight excluding hydrogens is 584 g/mol. The Hall–Kier alpha value is -4.34. The second kappa shape index (κ2) is 12.5. The quantitative estimate of drug-likeness (QED) is 0.314. The smallest absolute Gasteiger partial charge is 0.410 e. The number of rotatable bonds is 6. The van der Waals surface area contributed by atoms with Gasteiger partial charge in [-0.25, -0.2) is 14.4 Å². The molecule has 1 spiro atoms. The second-order valence-electron chi connectivity index (χ2n) is 14.0. The van der Waals surface area contributed by atoms with Crippen LogP contribution in [0, 0.1) is 0 Å². The highest BCUT2D eigenvalue weighted by atomic mass is 16.6. The molecule has 1 saturated heterocycles. The van der Waals surface area contributed by atoms with Crippen molar-refractivity contribution < 1.29 is 29.0 Å². The first kappa shape index (κ1) is 31.6. The van der Waals surface area contributed by atoms with Crippen LogP contribution in [0.5, 0.6) is 0 Å². The van der Waals surface area contributed by atoms with Gasteiger partial charge in [0.2, 0.25) is 0 Å². The Labute approximate surface area is 270 Å². The molecule has 0 radical (unpaired) electrons. The van der Waals surface area contributed by atoms with Gasteiger partial charge >= 0.3 is 18.2 Å². The largest absolute Gasteiger partial charge is 0.476 e. The molecule has 10 nitrogen and oxygen atoms in total. The molecule has 2 aliphatic carbocycles. The SMILES string of the molecule is Cn1cc(CN(C(=O)OCC2c3ccccc3-c3ccccc32)C2CCN(C(=O)OC(C)(C)C)C3(CCCCC3)C2)c(C(=O)O)n1. The van der Waals surface area contributed by atoms with Gasteiger partial charge in [0.05, 0.1) is 6.54 Å². The van der Waals surface area contributed by atoms with Gasteiger partial charge < -0.3 is 24.4 Å². The lowest BCUT2D eigenvalue weighted by Gasteiger charge is -2.53. The van der Waals surface area contributed by atoms with Gasteiger partial charge in [0, 0.05) is 42.9 Å². The number of aromatic nitrogens is 2. The maximum atomic E-state index is 14.2. The Balaban J connectivity index is 1.29. The summed E-state index contributed by atoms with van der Waals surface area (Å²) >= 11 is 0. The number of benzene rings is 2. The first-order chi connectivity index (χ1) is 22.0. The van der Waals surface area contributed by atoms with E-state index in [2.05, 4.69) is 29.4 Å². The summed E-state index contributed by atoms with van der Waals surface area (Å²) < 4.78 is 13.5. The summed E-state index contributed by atoms with van der Waals surface area (Å²) in [5.74, 6) is -1.25. The minimum atomic E-state index is -1.15. The zero-order valence-electron chi connectivity index (χ0n) is 27.2. The number of fused-ring (bicyclic) bond motifs is 3. The van der Waals surface area contributed by atoms with E-state index in [0.29, 0.717) is 24.9 Å². The molecule has 2 aromatic carbocycles. The van der Waals surface area contributed by atoms with Crippen LogP contribution in [0.25, 0.3) is 11.1 Å². The van der Waals surface area contributed by atoms with E-state index in [1.54, 1.807) is 18.1 Å². The lowest BCUT2D eigenvalue weighted by Crippen LogP contribution is -2.62. The van der Waals surface area contributed by atoms with Crippen LogP contribution in [0.15, 0.2) is 54.7 Å². The summed E-state index contributed by atoms with van der Waals surface area (Å²) in [6, 6.07) is 16.1. The molecule has 1 saturated carbocycles. The number of nitrogens with zero attached hydrogens (tertiary/aromatic N) is 4. The Morgan fingerprint density at radius 2 is 1.63 bits per heavy atom. The van der Waals surface area contributed by atoms with Gasteiger partial charge in [0.15, 0.2) is 5.69 Å². The van der Waals surface area contributed by atoms with Gasteiger partial charge in [-0.2, -0.15) is 5.10 Å². The summed E-state index contributed by atoms with van der Waals surface area (Å²) in [6.07, 6.45) is 6.66. The van der Waals surface area contributed by atoms with Crippen LogP contribution in [0.2, 0.25) is 0 Å². The number of amides is 2. The topological polar surface area (TPSA) is 114 Å². The number of aromatic carboxylic acids is 1. The molecule has 0 bridgehead atoms. The number of carbonyl (C=O) groups is 3. The number of likely N-dealkylation sites (tertiary alicyclic amines) is 1. The highest BCUT2D eigenvalue weighted by Crippen LogP contribution is 2.45. The molecule has 10 heteroatoms. The van der Waals surface area contributed by atoms with E-state index < -0.39 is 23.2 Å². The average Bonchev–Trinajstić information content (AvgIpc) is 3.55. The molecule has 3 aromatic rings. The first-order valence-electron chi connectivity index (χ1n) is 16.3. The summed E-state index contributed by atoms with van der Waals surface area (Å²) in [6.45, 7) is 6.25. The minimum absolute atomic E-state index is 0.0410. The van der Waals surface area contributed by atoms with Crippen LogP contribution < -0.4 is 0 Å². The minimum Gasteiger partial charge on any atom is -0.476 e. The molecule has 2 fully saturated rings. The molecule has 46 heavy (non-hydrogen) atoms. The fraction of sp³-hybridized carbons (Fsp3) is 0.500. The van der Waals surface area contributed by atoms with Crippen molar-refractivity contribution >= 4 is 18.2 Å². The number of hydrogen-bond acceptors (Lipinski definition) is 6. The van der Waals surface area contributed by atoms with Gasteiger partial charge in [0.25, 0.3) is 0 Å². The fourth-order valence-corrected chi connectivity index (χ4v) is 7.75. The maximum absolute atomic E-state index is 14.2. The highest BCUT2D eigenvalue weighted by Gasteiger charge is 2.49. The molecule has 1 aromatic heterocycles. The first-order valence-corrected chi connectivity index (χ1v) is 16.3. The third kappa shape index (κ3) is 6.22. The Morgan fingerprint density at radius 1 is 1.00 bits per heavy atom. The van der Waals surface area contributed by atoms with Crippen LogP contribution in [0.1, 0.15) is 98.8 Å². The average molecular weight is 629 g/mol. The van der Waals surface area contributed by atoms with Crippen molar-refractivity contribution in [1.29, 1.82) is 0 Å². The van der Waals surface area contributed by atoms with Gasteiger partial charge in [-0.15, -0.1) is 0 Å². The van der Waals surface area contributed by atoms with Crippen LogP contribution in [0.4, 0.5) is 9.59 Å². The molecule has 1 unspecified atom stereocenters. The van der Waals surface area contributed by atoms with Gasteiger partial charge in [-0.1, -0.05) is 67.8 Å². The number of aryl methyl sites for hydroxylation is 1. The predicted molar refractivity (Wildman–Crippen MR) is 173 cm³/mol. The van der Waals surface area contributed by atoms with Crippen LogP contribution in [-0.2, 0) is 23.1 Å². The molecule has 1 N–H and O–H groups in total. The van der Waals surface area contributed by atoms with Crippen LogP contribution in [-0.4, -0.2) is 73.2 Å². The van der Waals surface area contributed by atoms with Crippen molar-refractivity contribution in [2.45, 2.75) is 95.4 Å². The van der Waals surface area contributed by atoms with E-state index in [1.807, 2.05) is 49.9 Å². The lowest BCUT2D eigenvalue weighted by molar-refractivity contribution is -0.0460. The summed E-state index contributed by atoms with van der Waals surface area (Å²) in [5, 5.41) is 14.0. The monoisotopic (exact) mass is 628 g/mol. The van der Waals surface area contributed by atoms with E-state index >= 15 is 0 Å². The van der Waals surface area contributed by atoms with E-state index in [1.165, 1.54) is 4.68 Å².